The summed E-state index contributed by atoms with van der Waals surface area (Å²) in [5.41, 5.74) is 7.23. The topological polar surface area (TPSA) is 68.9 Å². The number of nitrogen functional groups attached to an aromatic ring is 1. The van der Waals surface area contributed by atoms with E-state index in [9.17, 15) is 4.79 Å². The van der Waals surface area contributed by atoms with E-state index in [-0.39, 0.29) is 11.2 Å². The molecule has 0 spiro atoms. The zero-order valence-electron chi connectivity index (χ0n) is 14.1. The van der Waals surface area contributed by atoms with E-state index in [1.807, 2.05) is 20.8 Å². The van der Waals surface area contributed by atoms with E-state index in [0.717, 1.165) is 29.0 Å². The van der Waals surface area contributed by atoms with Crippen LogP contribution in [0.5, 0.6) is 0 Å². The van der Waals surface area contributed by atoms with Crippen LogP contribution in [-0.2, 0) is 17.6 Å². The van der Waals surface area contributed by atoms with E-state index in [0.29, 0.717) is 16.7 Å². The highest BCUT2D eigenvalue weighted by molar-refractivity contribution is 7.99. The van der Waals surface area contributed by atoms with Crippen LogP contribution >= 0.6 is 23.1 Å². The fraction of sp³-hybridized carbons (Fsp3) is 0.588. The second-order valence-corrected chi connectivity index (χ2v) is 9.41. The lowest BCUT2D eigenvalue weighted by atomic mass is 9.89. The third-order valence-electron chi connectivity index (χ3n) is 4.33. The molecular formula is C17H23N3OS2. The number of ketones is 1. The van der Waals surface area contributed by atoms with Gasteiger partial charge in [0.1, 0.15) is 16.4 Å². The third kappa shape index (κ3) is 3.38. The zero-order chi connectivity index (χ0) is 16.8. The molecular weight excluding hydrogens is 326 g/mol. The average molecular weight is 350 g/mol. The molecule has 124 valence electrons. The second-order valence-electron chi connectivity index (χ2n) is 7.39. The van der Waals surface area contributed by atoms with E-state index in [1.54, 1.807) is 11.3 Å². The molecule has 0 aliphatic heterocycles. The van der Waals surface area contributed by atoms with Crippen LogP contribution in [0.2, 0.25) is 0 Å². The Morgan fingerprint density at radius 2 is 2.13 bits per heavy atom. The molecule has 2 aromatic heterocycles. The fourth-order valence-electron chi connectivity index (χ4n) is 2.76. The number of aryl methyl sites for hydroxylation is 1. The van der Waals surface area contributed by atoms with Crippen LogP contribution in [0.3, 0.4) is 0 Å². The maximum atomic E-state index is 12.1. The minimum atomic E-state index is -0.333. The van der Waals surface area contributed by atoms with Crippen molar-refractivity contribution >= 4 is 44.9 Å². The largest absolute Gasteiger partial charge is 0.383 e. The SMILES string of the molecule is C[C@H]1CCc2c(sc3nc(SCC(=O)C(C)(C)C)nc(N)c23)C1. The Bertz CT molecular complexity index is 761. The normalized spacial score (nSPS) is 18.2. The molecule has 0 saturated carbocycles. The summed E-state index contributed by atoms with van der Waals surface area (Å²) in [4.78, 5) is 23.6. The van der Waals surface area contributed by atoms with Crippen LogP contribution in [-0.4, -0.2) is 21.5 Å². The molecule has 2 N–H and O–H groups in total. The van der Waals surface area contributed by atoms with Gasteiger partial charge >= 0.3 is 0 Å². The number of nitrogens with two attached hydrogens (primary N) is 1. The summed E-state index contributed by atoms with van der Waals surface area (Å²) in [5.74, 6) is 1.87. The van der Waals surface area contributed by atoms with Crippen molar-refractivity contribution in [2.75, 3.05) is 11.5 Å². The number of fused-ring (bicyclic) bond motifs is 3. The Morgan fingerprint density at radius 3 is 2.83 bits per heavy atom. The number of hydrogen-bond acceptors (Lipinski definition) is 6. The molecule has 0 bridgehead atoms. The number of thioether (sulfide) groups is 1. The minimum absolute atomic E-state index is 0.198. The first-order chi connectivity index (χ1) is 10.8. The molecule has 1 atom stereocenters. The van der Waals surface area contributed by atoms with Crippen LogP contribution in [0.25, 0.3) is 10.2 Å². The van der Waals surface area contributed by atoms with Crippen LogP contribution in [0.1, 0.15) is 44.6 Å². The fourth-order valence-corrected chi connectivity index (χ4v) is 5.22. The number of rotatable bonds is 3. The molecule has 1 aliphatic carbocycles. The van der Waals surface area contributed by atoms with Crippen molar-refractivity contribution < 1.29 is 4.79 Å². The number of hydrogen-bond donors (Lipinski definition) is 1. The number of anilines is 1. The molecule has 2 aromatic rings. The van der Waals surface area contributed by atoms with Crippen LogP contribution in [0, 0.1) is 11.3 Å². The van der Waals surface area contributed by atoms with Gasteiger partial charge in [0.05, 0.1) is 11.1 Å². The predicted molar refractivity (Wildman–Crippen MR) is 98.2 cm³/mol. The molecule has 0 radical (unpaired) electrons. The molecule has 2 heterocycles. The Hall–Kier alpha value is -1.14. The number of nitrogens with zero attached hydrogens (tertiary/aromatic N) is 2. The van der Waals surface area contributed by atoms with E-state index in [1.165, 1.54) is 28.6 Å². The molecule has 0 aromatic carbocycles. The Kier molecular flexibility index (Phi) is 4.40. The molecule has 23 heavy (non-hydrogen) atoms. The Balaban J connectivity index is 1.88. The van der Waals surface area contributed by atoms with Crippen LogP contribution in [0.15, 0.2) is 5.16 Å². The third-order valence-corrected chi connectivity index (χ3v) is 6.33. The molecule has 4 nitrogen and oxygen atoms in total. The predicted octanol–water partition coefficient (Wildman–Crippen LogP) is 4.11. The maximum absolute atomic E-state index is 12.1. The summed E-state index contributed by atoms with van der Waals surface area (Å²) in [5, 5.41) is 1.66. The molecule has 0 unspecified atom stereocenters. The van der Waals surface area contributed by atoms with Gasteiger partial charge in [-0.25, -0.2) is 9.97 Å². The van der Waals surface area contributed by atoms with Gasteiger partial charge in [0.25, 0.3) is 0 Å². The molecule has 1 aliphatic rings. The van der Waals surface area contributed by atoms with Gasteiger partial charge in [-0.1, -0.05) is 39.5 Å². The van der Waals surface area contributed by atoms with Crippen molar-refractivity contribution in [3.05, 3.63) is 10.4 Å². The van der Waals surface area contributed by atoms with Crippen molar-refractivity contribution in [2.24, 2.45) is 11.3 Å². The summed E-state index contributed by atoms with van der Waals surface area (Å²) in [7, 11) is 0. The van der Waals surface area contributed by atoms with Gasteiger partial charge in [0.2, 0.25) is 0 Å². The highest BCUT2D eigenvalue weighted by Gasteiger charge is 2.24. The van der Waals surface area contributed by atoms with Crippen molar-refractivity contribution in [3.63, 3.8) is 0 Å². The minimum Gasteiger partial charge on any atom is -0.383 e. The summed E-state index contributed by atoms with van der Waals surface area (Å²) in [6.45, 7) is 8.09. The number of carbonyl (C=O) groups excluding carboxylic acids is 1. The second kappa shape index (κ2) is 6.06. The summed E-state index contributed by atoms with van der Waals surface area (Å²) in [6.07, 6.45) is 3.38. The summed E-state index contributed by atoms with van der Waals surface area (Å²) in [6, 6.07) is 0. The van der Waals surface area contributed by atoms with E-state index in [4.69, 9.17) is 5.73 Å². The van der Waals surface area contributed by atoms with Crippen molar-refractivity contribution in [3.8, 4) is 0 Å². The lowest BCUT2D eigenvalue weighted by Gasteiger charge is -2.17. The number of carbonyl (C=O) groups is 1. The smallest absolute Gasteiger partial charge is 0.191 e. The molecule has 0 saturated heterocycles. The van der Waals surface area contributed by atoms with Gasteiger partial charge in [-0.3, -0.25) is 4.79 Å². The number of thiophene rings is 1. The van der Waals surface area contributed by atoms with Gasteiger partial charge in [0.15, 0.2) is 5.16 Å². The highest BCUT2D eigenvalue weighted by atomic mass is 32.2. The molecule has 6 heteroatoms. The average Bonchev–Trinajstić information content (AvgIpc) is 2.81. The first-order valence-electron chi connectivity index (χ1n) is 7.99. The Morgan fingerprint density at radius 1 is 1.39 bits per heavy atom. The van der Waals surface area contributed by atoms with Crippen molar-refractivity contribution in [2.45, 2.75) is 52.1 Å². The standard InChI is InChI=1S/C17H23N3OS2/c1-9-5-6-10-11(7-9)23-15-13(10)14(18)19-16(20-15)22-8-12(21)17(2,3)4/h9H,5-8H2,1-4H3,(H2,18,19,20)/t9-/m0/s1. The van der Waals surface area contributed by atoms with Crippen LogP contribution < -0.4 is 5.73 Å². The van der Waals surface area contributed by atoms with Gasteiger partial charge in [-0.2, -0.15) is 0 Å². The molecule has 3 rings (SSSR count). The number of Topliss-reactive ketones (excluding diaryl/α,β-unsaturated/α-hetero) is 1. The lowest BCUT2D eigenvalue weighted by molar-refractivity contribution is -0.123. The Labute approximate surface area is 145 Å². The number of aromatic nitrogens is 2. The van der Waals surface area contributed by atoms with Crippen molar-refractivity contribution in [1.29, 1.82) is 0 Å². The quantitative estimate of drug-likeness (QED) is 0.667. The summed E-state index contributed by atoms with van der Waals surface area (Å²) >= 11 is 3.13. The van der Waals surface area contributed by atoms with E-state index < -0.39 is 0 Å². The monoisotopic (exact) mass is 349 g/mol. The van der Waals surface area contributed by atoms with Crippen LogP contribution in [0.4, 0.5) is 5.82 Å². The lowest BCUT2D eigenvalue weighted by Crippen LogP contribution is -2.22. The van der Waals surface area contributed by atoms with Gasteiger partial charge in [-0.15, -0.1) is 11.3 Å². The van der Waals surface area contributed by atoms with E-state index in [2.05, 4.69) is 16.9 Å². The first kappa shape index (κ1) is 16.7. The van der Waals surface area contributed by atoms with E-state index >= 15 is 0 Å². The van der Waals surface area contributed by atoms with Crippen molar-refractivity contribution in [1.82, 2.24) is 9.97 Å². The summed E-state index contributed by atoms with van der Waals surface area (Å²) < 4.78 is 0. The highest BCUT2D eigenvalue weighted by Crippen LogP contribution is 2.40. The maximum Gasteiger partial charge on any atom is 0.191 e. The first-order valence-corrected chi connectivity index (χ1v) is 9.79. The molecule has 0 amide bonds. The molecule has 0 fully saturated rings. The van der Waals surface area contributed by atoms with Gasteiger partial charge in [0, 0.05) is 10.3 Å². The zero-order valence-corrected chi connectivity index (χ0v) is 15.7. The van der Waals surface area contributed by atoms with Gasteiger partial charge in [-0.05, 0) is 30.7 Å². The van der Waals surface area contributed by atoms with Gasteiger partial charge < -0.3 is 5.73 Å².